The summed E-state index contributed by atoms with van der Waals surface area (Å²) in [6.45, 7) is 7.55. The summed E-state index contributed by atoms with van der Waals surface area (Å²) in [6, 6.07) is 0.416. The van der Waals surface area contributed by atoms with E-state index in [2.05, 4.69) is 45.8 Å². The molecule has 1 unspecified atom stereocenters. The number of hydrogen-bond acceptors (Lipinski definition) is 5. The number of aromatic amines is 1. The maximum Gasteiger partial charge on any atom is 0.224 e. The topological polar surface area (TPSA) is 83.7 Å². The highest BCUT2D eigenvalue weighted by Crippen LogP contribution is 2.25. The lowest BCUT2D eigenvalue weighted by atomic mass is 10.2. The Morgan fingerprint density at radius 2 is 2.16 bits per heavy atom. The first-order valence-electron chi connectivity index (χ1n) is 6.90. The molecule has 0 saturated carbocycles. The zero-order valence-corrected chi connectivity index (χ0v) is 11.8. The second-order valence-electron chi connectivity index (χ2n) is 4.84. The molecule has 0 spiro atoms. The lowest BCUT2D eigenvalue weighted by Gasteiger charge is -2.30. The molecule has 0 amide bonds. The Bertz CT molecular complexity index is 535. The van der Waals surface area contributed by atoms with Crippen molar-refractivity contribution in [2.75, 3.05) is 17.2 Å². The van der Waals surface area contributed by atoms with Crippen molar-refractivity contribution in [2.45, 2.75) is 46.1 Å². The predicted molar refractivity (Wildman–Crippen MR) is 78.1 cm³/mol. The summed E-state index contributed by atoms with van der Waals surface area (Å²) < 4.78 is 0. The quantitative estimate of drug-likeness (QED) is 0.834. The van der Waals surface area contributed by atoms with Crippen LogP contribution in [0.2, 0.25) is 0 Å². The molecule has 104 valence electrons. The third-order valence-electron chi connectivity index (χ3n) is 3.45. The van der Waals surface area contributed by atoms with Crippen molar-refractivity contribution in [2.24, 2.45) is 0 Å². The number of hydrogen-bond donors (Lipinski definition) is 2. The highest BCUT2D eigenvalue weighted by Gasteiger charge is 2.18. The van der Waals surface area contributed by atoms with Crippen molar-refractivity contribution in [3.8, 4) is 0 Å². The molecule has 0 aliphatic heterocycles. The molecule has 6 nitrogen and oxygen atoms in total. The minimum absolute atomic E-state index is 0.288. The van der Waals surface area contributed by atoms with E-state index in [0.717, 1.165) is 37.0 Å². The van der Waals surface area contributed by atoms with Crippen LogP contribution in [0.1, 0.15) is 40.0 Å². The molecule has 0 aromatic carbocycles. The fourth-order valence-corrected chi connectivity index (χ4v) is 2.14. The first-order valence-corrected chi connectivity index (χ1v) is 6.90. The molecule has 3 N–H and O–H groups in total. The van der Waals surface area contributed by atoms with Gasteiger partial charge in [-0.15, -0.1) is 0 Å². The summed E-state index contributed by atoms with van der Waals surface area (Å²) in [7, 11) is 0. The fourth-order valence-electron chi connectivity index (χ4n) is 2.14. The zero-order valence-electron chi connectivity index (χ0n) is 11.8. The molecule has 1 atom stereocenters. The van der Waals surface area contributed by atoms with Crippen LogP contribution in [0.4, 0.5) is 11.8 Å². The summed E-state index contributed by atoms with van der Waals surface area (Å²) in [5.74, 6) is 1.18. The largest absolute Gasteiger partial charge is 0.368 e. The Kier molecular flexibility index (Phi) is 4.19. The van der Waals surface area contributed by atoms with Gasteiger partial charge in [0.15, 0.2) is 5.65 Å². The van der Waals surface area contributed by atoms with Crippen LogP contribution in [-0.2, 0) is 0 Å². The summed E-state index contributed by atoms with van der Waals surface area (Å²) >= 11 is 0. The average Bonchev–Trinajstić information content (AvgIpc) is 2.86. The second-order valence-corrected chi connectivity index (χ2v) is 4.84. The zero-order chi connectivity index (χ0) is 13.8. The van der Waals surface area contributed by atoms with E-state index >= 15 is 0 Å². The first kappa shape index (κ1) is 13.6. The number of nitrogens with zero attached hydrogens (tertiary/aromatic N) is 4. The number of fused-ring (bicyclic) bond motifs is 1. The van der Waals surface area contributed by atoms with Gasteiger partial charge in [-0.05, 0) is 19.8 Å². The van der Waals surface area contributed by atoms with E-state index in [1.165, 1.54) is 0 Å². The van der Waals surface area contributed by atoms with Crippen molar-refractivity contribution in [1.29, 1.82) is 0 Å². The van der Waals surface area contributed by atoms with Gasteiger partial charge in [0.05, 0.1) is 11.6 Å². The summed E-state index contributed by atoms with van der Waals surface area (Å²) in [6.07, 6.45) is 5.12. The molecule has 0 bridgehead atoms. The van der Waals surface area contributed by atoms with E-state index in [1.807, 2.05) is 0 Å². The van der Waals surface area contributed by atoms with Gasteiger partial charge < -0.3 is 10.6 Å². The van der Waals surface area contributed by atoms with Crippen molar-refractivity contribution >= 4 is 22.8 Å². The molecular weight excluding hydrogens is 240 g/mol. The normalized spacial score (nSPS) is 12.8. The standard InChI is InChI=1S/C13H22N6/c1-4-6-7-19(9(3)5-2)12-10-8-15-18-11(10)16-13(14)17-12/h8-9H,4-7H2,1-3H3,(H3,14,15,16,17,18). The number of H-pyrrole nitrogens is 1. The molecular formula is C13H22N6. The molecule has 2 aromatic heterocycles. The van der Waals surface area contributed by atoms with E-state index in [-0.39, 0.29) is 5.95 Å². The SMILES string of the molecule is CCCCN(c1nc(N)nc2[nH]ncc12)C(C)CC. The number of nitrogens with two attached hydrogens (primary N) is 1. The van der Waals surface area contributed by atoms with Gasteiger partial charge in [0.2, 0.25) is 5.95 Å². The number of unbranched alkanes of at least 4 members (excludes halogenated alkanes) is 1. The minimum atomic E-state index is 0.288. The maximum absolute atomic E-state index is 5.80. The summed E-state index contributed by atoms with van der Waals surface area (Å²) in [4.78, 5) is 10.9. The number of rotatable bonds is 6. The molecule has 19 heavy (non-hydrogen) atoms. The Morgan fingerprint density at radius 1 is 1.37 bits per heavy atom. The molecule has 0 aliphatic rings. The predicted octanol–water partition coefficient (Wildman–Crippen LogP) is 2.34. The highest BCUT2D eigenvalue weighted by molar-refractivity contribution is 5.87. The number of anilines is 2. The van der Waals surface area contributed by atoms with Gasteiger partial charge in [0.25, 0.3) is 0 Å². The van der Waals surface area contributed by atoms with E-state index < -0.39 is 0 Å². The Labute approximate surface area is 113 Å². The van der Waals surface area contributed by atoms with Crippen LogP contribution in [0.15, 0.2) is 6.20 Å². The van der Waals surface area contributed by atoms with Crippen molar-refractivity contribution in [3.05, 3.63) is 6.20 Å². The molecule has 0 saturated heterocycles. The van der Waals surface area contributed by atoms with Crippen LogP contribution in [0.3, 0.4) is 0 Å². The van der Waals surface area contributed by atoms with E-state index in [1.54, 1.807) is 6.20 Å². The minimum Gasteiger partial charge on any atom is -0.368 e. The molecule has 2 heterocycles. The lowest BCUT2D eigenvalue weighted by molar-refractivity contribution is 0.591. The Morgan fingerprint density at radius 3 is 2.84 bits per heavy atom. The monoisotopic (exact) mass is 262 g/mol. The van der Waals surface area contributed by atoms with Crippen molar-refractivity contribution < 1.29 is 0 Å². The van der Waals surface area contributed by atoms with Crippen LogP contribution < -0.4 is 10.6 Å². The molecule has 0 fully saturated rings. The van der Waals surface area contributed by atoms with Crippen molar-refractivity contribution in [3.63, 3.8) is 0 Å². The second kappa shape index (κ2) is 5.86. The number of nitrogens with one attached hydrogen (secondary N) is 1. The van der Waals surface area contributed by atoms with Crippen LogP contribution in [0.25, 0.3) is 11.0 Å². The number of nitrogen functional groups attached to an aromatic ring is 1. The Balaban J connectivity index is 2.44. The fraction of sp³-hybridized carbons (Fsp3) is 0.615. The highest BCUT2D eigenvalue weighted by atomic mass is 15.3. The van der Waals surface area contributed by atoms with Crippen LogP contribution in [-0.4, -0.2) is 32.8 Å². The third-order valence-corrected chi connectivity index (χ3v) is 3.45. The Hall–Kier alpha value is -1.85. The average molecular weight is 262 g/mol. The third kappa shape index (κ3) is 2.77. The summed E-state index contributed by atoms with van der Waals surface area (Å²) in [5, 5.41) is 7.84. The van der Waals surface area contributed by atoms with Crippen LogP contribution in [0, 0.1) is 0 Å². The lowest BCUT2D eigenvalue weighted by Crippen LogP contribution is -2.34. The summed E-state index contributed by atoms with van der Waals surface area (Å²) in [5.41, 5.74) is 6.50. The van der Waals surface area contributed by atoms with Crippen LogP contribution >= 0.6 is 0 Å². The molecule has 0 aliphatic carbocycles. The van der Waals surface area contributed by atoms with Gasteiger partial charge in [-0.1, -0.05) is 20.3 Å². The number of aromatic nitrogens is 4. The smallest absolute Gasteiger partial charge is 0.224 e. The molecule has 0 radical (unpaired) electrons. The van der Waals surface area contributed by atoms with E-state index in [9.17, 15) is 0 Å². The first-order chi connectivity index (χ1) is 9.17. The van der Waals surface area contributed by atoms with Gasteiger partial charge in [0.1, 0.15) is 5.82 Å². The van der Waals surface area contributed by atoms with Gasteiger partial charge in [0, 0.05) is 12.6 Å². The van der Waals surface area contributed by atoms with Crippen molar-refractivity contribution in [1.82, 2.24) is 20.2 Å². The van der Waals surface area contributed by atoms with E-state index in [0.29, 0.717) is 11.7 Å². The van der Waals surface area contributed by atoms with Gasteiger partial charge in [-0.3, -0.25) is 5.10 Å². The van der Waals surface area contributed by atoms with Gasteiger partial charge in [-0.2, -0.15) is 15.1 Å². The molecule has 6 heteroatoms. The van der Waals surface area contributed by atoms with E-state index in [4.69, 9.17) is 5.73 Å². The van der Waals surface area contributed by atoms with Gasteiger partial charge in [-0.25, -0.2) is 0 Å². The van der Waals surface area contributed by atoms with Crippen LogP contribution in [0.5, 0.6) is 0 Å². The molecule has 2 aromatic rings. The van der Waals surface area contributed by atoms with Gasteiger partial charge >= 0.3 is 0 Å². The maximum atomic E-state index is 5.80. The molecule has 2 rings (SSSR count).